The van der Waals surface area contributed by atoms with Gasteiger partial charge in [-0.2, -0.15) is 5.10 Å². The molecular weight excluding hydrogens is 262 g/mol. The summed E-state index contributed by atoms with van der Waals surface area (Å²) in [5, 5.41) is 7.36. The Labute approximate surface area is 126 Å². The minimum atomic E-state index is -0.0290. The van der Waals surface area contributed by atoms with E-state index in [0.29, 0.717) is 5.56 Å². The Morgan fingerprint density at radius 2 is 1.95 bits per heavy atom. The van der Waals surface area contributed by atoms with Crippen LogP contribution < -0.4 is 5.32 Å². The molecule has 2 aromatic rings. The van der Waals surface area contributed by atoms with Crippen molar-refractivity contribution < 1.29 is 4.79 Å². The van der Waals surface area contributed by atoms with Gasteiger partial charge in [-0.15, -0.1) is 0 Å². The predicted octanol–water partition coefficient (Wildman–Crippen LogP) is 2.79. The van der Waals surface area contributed by atoms with Gasteiger partial charge in [-0.1, -0.05) is 30.3 Å². The number of nitrogens with one attached hydrogen (secondary N) is 1. The van der Waals surface area contributed by atoms with Crippen LogP contribution in [0.15, 0.2) is 30.3 Å². The van der Waals surface area contributed by atoms with Crippen molar-refractivity contribution in [1.29, 1.82) is 0 Å². The van der Waals surface area contributed by atoms with E-state index in [9.17, 15) is 4.79 Å². The van der Waals surface area contributed by atoms with E-state index in [1.807, 2.05) is 46.0 Å². The molecule has 0 bridgehead atoms. The molecule has 112 valence electrons. The van der Waals surface area contributed by atoms with Crippen LogP contribution in [0, 0.1) is 13.8 Å². The van der Waals surface area contributed by atoms with Gasteiger partial charge in [0, 0.05) is 18.8 Å². The zero-order valence-corrected chi connectivity index (χ0v) is 13.2. The standard InChI is InChI=1S/C17H23N3O/c1-12(10-11-15-8-6-5-7-9-15)18-17(21)16-13(2)19-20(4)14(16)3/h5-9,12H,10-11H2,1-4H3,(H,18,21)/t12-/m1/s1. The van der Waals surface area contributed by atoms with Crippen LogP contribution in [-0.4, -0.2) is 21.7 Å². The van der Waals surface area contributed by atoms with E-state index in [1.54, 1.807) is 4.68 Å². The average molecular weight is 285 g/mol. The van der Waals surface area contributed by atoms with Crippen molar-refractivity contribution in [2.75, 3.05) is 0 Å². The quantitative estimate of drug-likeness (QED) is 0.918. The van der Waals surface area contributed by atoms with E-state index in [0.717, 1.165) is 24.2 Å². The van der Waals surface area contributed by atoms with Gasteiger partial charge in [0.2, 0.25) is 0 Å². The minimum absolute atomic E-state index is 0.0290. The average Bonchev–Trinajstić information content (AvgIpc) is 2.71. The van der Waals surface area contributed by atoms with Gasteiger partial charge in [-0.25, -0.2) is 0 Å². The summed E-state index contributed by atoms with van der Waals surface area (Å²) in [7, 11) is 1.86. The van der Waals surface area contributed by atoms with Crippen LogP contribution in [0.25, 0.3) is 0 Å². The third-order valence-corrected chi connectivity index (χ3v) is 3.82. The molecule has 0 saturated carbocycles. The fraction of sp³-hybridized carbons (Fsp3) is 0.412. The van der Waals surface area contributed by atoms with E-state index in [2.05, 4.69) is 22.5 Å². The molecule has 21 heavy (non-hydrogen) atoms. The van der Waals surface area contributed by atoms with Gasteiger partial charge in [-0.05, 0) is 39.2 Å². The summed E-state index contributed by atoms with van der Waals surface area (Å²) in [5.41, 5.74) is 3.68. The second-order valence-corrected chi connectivity index (χ2v) is 5.57. The van der Waals surface area contributed by atoms with Gasteiger partial charge in [0.25, 0.3) is 5.91 Å². The van der Waals surface area contributed by atoms with Crippen molar-refractivity contribution in [3.63, 3.8) is 0 Å². The molecule has 1 aromatic carbocycles. The number of carbonyl (C=O) groups excluding carboxylic acids is 1. The van der Waals surface area contributed by atoms with Crippen LogP contribution in [-0.2, 0) is 13.5 Å². The smallest absolute Gasteiger partial charge is 0.255 e. The molecule has 1 amide bonds. The van der Waals surface area contributed by atoms with Gasteiger partial charge in [0.1, 0.15) is 0 Å². The topological polar surface area (TPSA) is 46.9 Å². The molecule has 1 N–H and O–H groups in total. The Balaban J connectivity index is 1.93. The first kappa shape index (κ1) is 15.3. The van der Waals surface area contributed by atoms with E-state index in [1.165, 1.54) is 5.56 Å². The first-order chi connectivity index (χ1) is 9.99. The lowest BCUT2D eigenvalue weighted by atomic mass is 10.1. The lowest BCUT2D eigenvalue weighted by Gasteiger charge is -2.14. The lowest BCUT2D eigenvalue weighted by Crippen LogP contribution is -2.33. The second-order valence-electron chi connectivity index (χ2n) is 5.57. The van der Waals surface area contributed by atoms with Gasteiger partial charge in [0.15, 0.2) is 0 Å². The van der Waals surface area contributed by atoms with Crippen LogP contribution in [0.4, 0.5) is 0 Å². The summed E-state index contributed by atoms with van der Waals surface area (Å²) in [6, 6.07) is 10.5. The number of nitrogens with zero attached hydrogens (tertiary/aromatic N) is 2. The van der Waals surface area contributed by atoms with Gasteiger partial charge < -0.3 is 5.32 Å². The fourth-order valence-electron chi connectivity index (χ4n) is 2.50. The molecule has 0 aliphatic carbocycles. The first-order valence-electron chi connectivity index (χ1n) is 7.34. The molecular formula is C17H23N3O. The summed E-state index contributed by atoms with van der Waals surface area (Å²) in [5.74, 6) is -0.0290. The van der Waals surface area contributed by atoms with Crippen LogP contribution in [0.5, 0.6) is 0 Å². The summed E-state index contributed by atoms with van der Waals surface area (Å²) in [6.07, 6.45) is 1.89. The Hall–Kier alpha value is -2.10. The van der Waals surface area contributed by atoms with E-state index in [-0.39, 0.29) is 11.9 Å². The largest absolute Gasteiger partial charge is 0.349 e. The van der Waals surface area contributed by atoms with Crippen LogP contribution in [0.1, 0.15) is 40.7 Å². The summed E-state index contributed by atoms with van der Waals surface area (Å²) >= 11 is 0. The van der Waals surface area contributed by atoms with E-state index >= 15 is 0 Å². The fourth-order valence-corrected chi connectivity index (χ4v) is 2.50. The van der Waals surface area contributed by atoms with Gasteiger partial charge >= 0.3 is 0 Å². The highest BCUT2D eigenvalue weighted by molar-refractivity contribution is 5.96. The van der Waals surface area contributed by atoms with E-state index in [4.69, 9.17) is 0 Å². The number of hydrogen-bond acceptors (Lipinski definition) is 2. The molecule has 1 atom stereocenters. The van der Waals surface area contributed by atoms with Crippen LogP contribution in [0.3, 0.4) is 0 Å². The number of rotatable bonds is 5. The molecule has 0 spiro atoms. The van der Waals surface area contributed by atoms with Crippen molar-refractivity contribution in [2.24, 2.45) is 7.05 Å². The molecule has 0 saturated heterocycles. The molecule has 0 radical (unpaired) electrons. The first-order valence-corrected chi connectivity index (χ1v) is 7.34. The molecule has 0 aliphatic rings. The number of aryl methyl sites for hydroxylation is 3. The van der Waals surface area contributed by atoms with E-state index < -0.39 is 0 Å². The normalized spacial score (nSPS) is 12.2. The molecule has 4 nitrogen and oxygen atoms in total. The van der Waals surface area contributed by atoms with Gasteiger partial charge in [-0.3, -0.25) is 9.48 Å². The second kappa shape index (κ2) is 6.57. The molecule has 0 aliphatic heterocycles. The summed E-state index contributed by atoms with van der Waals surface area (Å²) < 4.78 is 1.75. The Morgan fingerprint density at radius 1 is 1.29 bits per heavy atom. The maximum absolute atomic E-state index is 12.4. The van der Waals surface area contributed by atoms with Crippen molar-refractivity contribution >= 4 is 5.91 Å². The molecule has 1 heterocycles. The number of carbonyl (C=O) groups is 1. The Bertz CT molecular complexity index is 616. The zero-order valence-electron chi connectivity index (χ0n) is 13.2. The van der Waals surface area contributed by atoms with Gasteiger partial charge in [0.05, 0.1) is 11.3 Å². The summed E-state index contributed by atoms with van der Waals surface area (Å²) in [4.78, 5) is 12.4. The number of aromatic nitrogens is 2. The highest BCUT2D eigenvalue weighted by atomic mass is 16.1. The van der Waals surface area contributed by atoms with Crippen molar-refractivity contribution in [3.05, 3.63) is 52.8 Å². The van der Waals surface area contributed by atoms with Crippen LogP contribution in [0.2, 0.25) is 0 Å². The molecule has 0 fully saturated rings. The highest BCUT2D eigenvalue weighted by Crippen LogP contribution is 2.12. The monoisotopic (exact) mass is 285 g/mol. The SMILES string of the molecule is Cc1nn(C)c(C)c1C(=O)N[C@H](C)CCc1ccccc1. The Morgan fingerprint density at radius 3 is 2.52 bits per heavy atom. The zero-order chi connectivity index (χ0) is 15.4. The molecule has 0 unspecified atom stereocenters. The third-order valence-electron chi connectivity index (χ3n) is 3.82. The lowest BCUT2D eigenvalue weighted by molar-refractivity contribution is 0.0937. The minimum Gasteiger partial charge on any atom is -0.349 e. The van der Waals surface area contributed by atoms with Crippen molar-refractivity contribution in [2.45, 2.75) is 39.7 Å². The Kier molecular flexibility index (Phi) is 4.78. The number of benzene rings is 1. The predicted molar refractivity (Wildman–Crippen MR) is 84.4 cm³/mol. The number of hydrogen-bond donors (Lipinski definition) is 1. The highest BCUT2D eigenvalue weighted by Gasteiger charge is 2.18. The van der Waals surface area contributed by atoms with Crippen molar-refractivity contribution in [1.82, 2.24) is 15.1 Å². The summed E-state index contributed by atoms with van der Waals surface area (Å²) in [6.45, 7) is 5.84. The van der Waals surface area contributed by atoms with Crippen molar-refractivity contribution in [3.8, 4) is 0 Å². The third kappa shape index (κ3) is 3.72. The number of amides is 1. The molecule has 4 heteroatoms. The molecule has 1 aromatic heterocycles. The maximum atomic E-state index is 12.4. The van der Waals surface area contributed by atoms with Crippen LogP contribution >= 0.6 is 0 Å². The maximum Gasteiger partial charge on any atom is 0.255 e. The molecule has 2 rings (SSSR count).